The molecule has 0 aliphatic heterocycles. The highest BCUT2D eigenvalue weighted by atomic mass is 16.5. The molecule has 0 bridgehead atoms. The first kappa shape index (κ1) is 15.4. The van der Waals surface area contributed by atoms with Crippen LogP contribution in [-0.2, 0) is 11.3 Å². The molecule has 0 aliphatic rings. The maximum atomic E-state index is 5.55. The number of anilines is 1. The average Bonchev–Trinajstić information content (AvgIpc) is 2.50. The zero-order valence-corrected chi connectivity index (χ0v) is 13.0. The molecule has 3 nitrogen and oxygen atoms in total. The molecule has 0 atom stereocenters. The van der Waals surface area contributed by atoms with E-state index in [0.717, 1.165) is 18.0 Å². The molecule has 0 heterocycles. The molecule has 2 aromatic rings. The lowest BCUT2D eigenvalue weighted by atomic mass is 10.1. The van der Waals surface area contributed by atoms with Gasteiger partial charge < -0.3 is 14.8 Å². The summed E-state index contributed by atoms with van der Waals surface area (Å²) in [6, 6.07) is 14.6. The van der Waals surface area contributed by atoms with E-state index in [-0.39, 0.29) is 0 Å². The second-order valence-electron chi connectivity index (χ2n) is 5.15. The van der Waals surface area contributed by atoms with Crippen LogP contribution in [0.1, 0.15) is 16.7 Å². The van der Waals surface area contributed by atoms with Gasteiger partial charge in [0.15, 0.2) is 0 Å². The Bertz CT molecular complexity index is 564. The van der Waals surface area contributed by atoms with Gasteiger partial charge in [0.25, 0.3) is 0 Å². The minimum absolute atomic E-state index is 0.575. The molecule has 0 unspecified atom stereocenters. The van der Waals surface area contributed by atoms with Gasteiger partial charge in [-0.2, -0.15) is 0 Å². The molecule has 0 aromatic heterocycles. The summed E-state index contributed by atoms with van der Waals surface area (Å²) in [5.74, 6) is 0.865. The van der Waals surface area contributed by atoms with Crippen molar-refractivity contribution < 1.29 is 9.47 Å². The number of aryl methyl sites for hydroxylation is 2. The lowest BCUT2D eigenvalue weighted by Crippen LogP contribution is -2.04. The molecular weight excluding hydrogens is 262 g/mol. The van der Waals surface area contributed by atoms with Gasteiger partial charge in [0.1, 0.15) is 12.4 Å². The van der Waals surface area contributed by atoms with Crippen molar-refractivity contribution in [1.82, 2.24) is 0 Å². The largest absolute Gasteiger partial charge is 0.491 e. The predicted octanol–water partition coefficient (Wildman–Crippen LogP) is 3.94. The summed E-state index contributed by atoms with van der Waals surface area (Å²) < 4.78 is 10.5. The van der Waals surface area contributed by atoms with Gasteiger partial charge in [-0.1, -0.05) is 23.8 Å². The van der Waals surface area contributed by atoms with Crippen LogP contribution in [0, 0.1) is 13.8 Å². The maximum absolute atomic E-state index is 5.55. The van der Waals surface area contributed by atoms with Crippen molar-refractivity contribution in [3.63, 3.8) is 0 Å². The van der Waals surface area contributed by atoms with E-state index < -0.39 is 0 Å². The highest BCUT2D eigenvalue weighted by Gasteiger charge is 2.00. The molecule has 0 amide bonds. The molecule has 0 saturated carbocycles. The van der Waals surface area contributed by atoms with Gasteiger partial charge in [0.05, 0.1) is 6.61 Å². The monoisotopic (exact) mass is 285 g/mol. The lowest BCUT2D eigenvalue weighted by molar-refractivity contribution is 0.146. The molecule has 0 fully saturated rings. The van der Waals surface area contributed by atoms with Crippen LogP contribution in [0.2, 0.25) is 0 Å². The van der Waals surface area contributed by atoms with E-state index in [1.165, 1.54) is 16.7 Å². The van der Waals surface area contributed by atoms with Gasteiger partial charge in [-0.25, -0.2) is 0 Å². The topological polar surface area (TPSA) is 30.5 Å². The quantitative estimate of drug-likeness (QED) is 0.782. The minimum atomic E-state index is 0.575. The van der Waals surface area contributed by atoms with Crippen LogP contribution in [0.15, 0.2) is 42.5 Å². The van der Waals surface area contributed by atoms with Crippen molar-refractivity contribution in [2.24, 2.45) is 0 Å². The van der Waals surface area contributed by atoms with Crippen LogP contribution < -0.4 is 10.1 Å². The summed E-state index contributed by atoms with van der Waals surface area (Å²) in [7, 11) is 1.67. The Labute approximate surface area is 126 Å². The van der Waals surface area contributed by atoms with Crippen LogP contribution in [-0.4, -0.2) is 20.3 Å². The molecule has 0 aliphatic carbocycles. The van der Waals surface area contributed by atoms with Crippen molar-refractivity contribution in [1.29, 1.82) is 0 Å². The maximum Gasteiger partial charge on any atom is 0.119 e. The smallest absolute Gasteiger partial charge is 0.119 e. The first-order valence-corrected chi connectivity index (χ1v) is 7.21. The normalized spacial score (nSPS) is 10.4. The lowest BCUT2D eigenvalue weighted by Gasteiger charge is -2.11. The van der Waals surface area contributed by atoms with E-state index in [1.807, 2.05) is 24.3 Å². The van der Waals surface area contributed by atoms with Crippen molar-refractivity contribution in [3.05, 3.63) is 59.2 Å². The fourth-order valence-corrected chi connectivity index (χ4v) is 2.10. The van der Waals surface area contributed by atoms with E-state index in [9.17, 15) is 0 Å². The average molecular weight is 285 g/mol. The highest BCUT2D eigenvalue weighted by Crippen LogP contribution is 2.17. The first-order valence-electron chi connectivity index (χ1n) is 7.21. The third-order valence-electron chi connectivity index (χ3n) is 3.40. The molecule has 21 heavy (non-hydrogen) atoms. The van der Waals surface area contributed by atoms with Crippen molar-refractivity contribution in [2.75, 3.05) is 25.6 Å². The molecule has 0 saturated heterocycles. The first-order chi connectivity index (χ1) is 10.2. The third-order valence-corrected chi connectivity index (χ3v) is 3.40. The Morgan fingerprint density at radius 1 is 0.952 bits per heavy atom. The summed E-state index contributed by atoms with van der Waals surface area (Å²) in [6.07, 6.45) is 0. The fourth-order valence-electron chi connectivity index (χ4n) is 2.10. The number of hydrogen-bond donors (Lipinski definition) is 1. The standard InChI is InChI=1S/C18H23NO2/c1-14-4-5-15(2)16(12-14)13-19-17-6-8-18(9-7-17)21-11-10-20-3/h4-9,12,19H,10-11,13H2,1-3H3. The van der Waals surface area contributed by atoms with E-state index in [4.69, 9.17) is 9.47 Å². The summed E-state index contributed by atoms with van der Waals surface area (Å²) in [6.45, 7) is 6.27. The van der Waals surface area contributed by atoms with Crippen LogP contribution >= 0.6 is 0 Å². The van der Waals surface area contributed by atoms with Gasteiger partial charge in [-0.05, 0) is 49.2 Å². The predicted molar refractivity (Wildman–Crippen MR) is 87.1 cm³/mol. The zero-order valence-electron chi connectivity index (χ0n) is 13.0. The Hall–Kier alpha value is -2.00. The Morgan fingerprint density at radius 3 is 2.43 bits per heavy atom. The van der Waals surface area contributed by atoms with E-state index in [2.05, 4.69) is 37.4 Å². The number of hydrogen-bond acceptors (Lipinski definition) is 3. The summed E-state index contributed by atoms with van der Waals surface area (Å²) in [5, 5.41) is 3.44. The van der Waals surface area contributed by atoms with Crippen LogP contribution in [0.3, 0.4) is 0 Å². The SMILES string of the molecule is COCCOc1ccc(NCc2cc(C)ccc2C)cc1. The van der Waals surface area contributed by atoms with Gasteiger partial charge in [0, 0.05) is 19.3 Å². The zero-order chi connectivity index (χ0) is 15.1. The number of benzene rings is 2. The number of ether oxygens (including phenoxy) is 2. The second-order valence-corrected chi connectivity index (χ2v) is 5.15. The van der Waals surface area contributed by atoms with Crippen LogP contribution in [0.4, 0.5) is 5.69 Å². The van der Waals surface area contributed by atoms with Gasteiger partial charge in [-0.3, -0.25) is 0 Å². The molecule has 2 aromatic carbocycles. The number of rotatable bonds is 7. The Balaban J connectivity index is 1.90. The van der Waals surface area contributed by atoms with E-state index in [1.54, 1.807) is 7.11 Å². The Morgan fingerprint density at radius 2 is 1.71 bits per heavy atom. The van der Waals surface area contributed by atoms with Crippen LogP contribution in [0.5, 0.6) is 5.75 Å². The highest BCUT2D eigenvalue weighted by molar-refractivity contribution is 5.47. The Kier molecular flexibility index (Phi) is 5.64. The molecule has 2 rings (SSSR count). The van der Waals surface area contributed by atoms with Gasteiger partial charge in [-0.15, -0.1) is 0 Å². The number of methoxy groups -OCH3 is 1. The van der Waals surface area contributed by atoms with E-state index >= 15 is 0 Å². The third kappa shape index (κ3) is 4.80. The number of nitrogens with one attached hydrogen (secondary N) is 1. The van der Waals surface area contributed by atoms with Crippen molar-refractivity contribution in [3.8, 4) is 5.75 Å². The minimum Gasteiger partial charge on any atom is -0.491 e. The fraction of sp³-hybridized carbons (Fsp3) is 0.333. The summed E-state index contributed by atoms with van der Waals surface area (Å²) in [4.78, 5) is 0. The van der Waals surface area contributed by atoms with E-state index in [0.29, 0.717) is 13.2 Å². The second kappa shape index (κ2) is 7.70. The molecular formula is C18H23NO2. The van der Waals surface area contributed by atoms with Crippen LogP contribution in [0.25, 0.3) is 0 Å². The van der Waals surface area contributed by atoms with Crippen molar-refractivity contribution in [2.45, 2.75) is 20.4 Å². The molecule has 112 valence electrons. The van der Waals surface area contributed by atoms with Gasteiger partial charge >= 0.3 is 0 Å². The molecule has 0 spiro atoms. The summed E-state index contributed by atoms with van der Waals surface area (Å²) >= 11 is 0. The molecule has 3 heteroatoms. The van der Waals surface area contributed by atoms with Crippen molar-refractivity contribution >= 4 is 5.69 Å². The summed E-state index contributed by atoms with van der Waals surface area (Å²) in [5.41, 5.74) is 5.03. The molecule has 1 N–H and O–H groups in total. The molecule has 0 radical (unpaired) electrons. The van der Waals surface area contributed by atoms with Gasteiger partial charge in [0.2, 0.25) is 0 Å².